The third-order valence-corrected chi connectivity index (χ3v) is 9.88. The predicted octanol–water partition coefficient (Wildman–Crippen LogP) is 3.49. The zero-order chi connectivity index (χ0) is 20.3. The number of amides is 1. The van der Waals surface area contributed by atoms with Gasteiger partial charge in [0, 0.05) is 6.54 Å². The van der Waals surface area contributed by atoms with E-state index < -0.39 is 20.0 Å². The number of nitrogens with two attached hydrogens (primary N) is 1. The molecular formula is C19H40N2O4Si. The summed E-state index contributed by atoms with van der Waals surface area (Å²) in [6, 6.07) is -0.286. The molecule has 1 rings (SSSR count). The van der Waals surface area contributed by atoms with E-state index in [-0.39, 0.29) is 23.3 Å². The molecule has 0 aromatic carbocycles. The highest BCUT2D eigenvalue weighted by Crippen LogP contribution is 2.39. The van der Waals surface area contributed by atoms with E-state index in [4.69, 9.17) is 14.9 Å². The fourth-order valence-electron chi connectivity index (χ4n) is 2.92. The first kappa shape index (κ1) is 23.4. The van der Waals surface area contributed by atoms with E-state index in [0.29, 0.717) is 25.9 Å². The average Bonchev–Trinajstić information content (AvgIpc) is 2.85. The summed E-state index contributed by atoms with van der Waals surface area (Å²) in [4.78, 5) is 14.3. The highest BCUT2D eigenvalue weighted by molar-refractivity contribution is 6.74. The second kappa shape index (κ2) is 8.58. The van der Waals surface area contributed by atoms with Gasteiger partial charge in [0.15, 0.2) is 8.32 Å². The van der Waals surface area contributed by atoms with Crippen LogP contribution in [0.2, 0.25) is 18.1 Å². The zero-order valence-electron chi connectivity index (χ0n) is 18.0. The molecule has 26 heavy (non-hydrogen) atoms. The fraction of sp³-hybridized carbons (Fsp3) is 0.947. The third kappa shape index (κ3) is 6.51. The van der Waals surface area contributed by atoms with E-state index >= 15 is 0 Å². The number of hydrogen-bond acceptors (Lipinski definition) is 5. The molecule has 1 aliphatic rings. The molecule has 3 N–H and O–H groups in total. The Kier molecular flexibility index (Phi) is 7.73. The molecule has 0 unspecified atom stereocenters. The van der Waals surface area contributed by atoms with Crippen molar-refractivity contribution in [1.29, 1.82) is 0 Å². The van der Waals surface area contributed by atoms with Crippen LogP contribution in [0.5, 0.6) is 0 Å². The number of hydrogen-bond donors (Lipinski definition) is 2. The number of carbonyl (C=O) groups excluding carboxylic acids is 1. The van der Waals surface area contributed by atoms with Crippen molar-refractivity contribution in [2.45, 2.75) is 103 Å². The van der Waals surface area contributed by atoms with Gasteiger partial charge in [0.1, 0.15) is 5.60 Å². The third-order valence-electron chi connectivity index (χ3n) is 5.35. The molecule has 1 heterocycles. The number of ether oxygens (including phenoxy) is 1. The Morgan fingerprint density at radius 2 is 1.85 bits per heavy atom. The van der Waals surface area contributed by atoms with Crippen LogP contribution < -0.4 is 5.73 Å². The Labute approximate surface area is 160 Å². The molecule has 0 aromatic heterocycles. The predicted molar refractivity (Wildman–Crippen MR) is 108 cm³/mol. The second-order valence-corrected chi connectivity index (χ2v) is 14.7. The average molecular weight is 389 g/mol. The molecule has 1 fully saturated rings. The standard InChI is InChI=1S/C19H40N2O4Si/c1-18(2,3)24-17(23)21-13-14(25-26(7,8)19(4,5)6)12-15(21)16(22)10-9-11-20/h14-16,22H,9-13,20H2,1-8H3/t14-,15+,16+/m1/s1. The van der Waals surface area contributed by atoms with Gasteiger partial charge in [0.05, 0.1) is 18.2 Å². The van der Waals surface area contributed by atoms with Gasteiger partial charge in [-0.1, -0.05) is 20.8 Å². The number of rotatable bonds is 6. The number of aliphatic hydroxyl groups is 1. The lowest BCUT2D eigenvalue weighted by Crippen LogP contribution is -2.46. The van der Waals surface area contributed by atoms with Crippen molar-refractivity contribution in [2.75, 3.05) is 13.1 Å². The molecular weight excluding hydrogens is 348 g/mol. The first-order chi connectivity index (χ1) is 11.7. The van der Waals surface area contributed by atoms with Gasteiger partial charge in [0.2, 0.25) is 0 Å². The van der Waals surface area contributed by atoms with Crippen molar-refractivity contribution in [3.8, 4) is 0 Å². The lowest BCUT2D eigenvalue weighted by atomic mass is 10.0. The largest absolute Gasteiger partial charge is 0.444 e. The number of likely N-dealkylation sites (tertiary alicyclic amines) is 1. The van der Waals surface area contributed by atoms with Gasteiger partial charge < -0.3 is 20.0 Å². The maximum Gasteiger partial charge on any atom is 0.410 e. The lowest BCUT2D eigenvalue weighted by Gasteiger charge is -2.38. The smallest absolute Gasteiger partial charge is 0.410 e. The number of carbonyl (C=O) groups is 1. The highest BCUT2D eigenvalue weighted by Gasteiger charge is 2.46. The first-order valence-corrected chi connectivity index (χ1v) is 12.6. The van der Waals surface area contributed by atoms with Crippen LogP contribution in [0, 0.1) is 0 Å². The van der Waals surface area contributed by atoms with E-state index in [0.717, 1.165) is 6.42 Å². The fourth-order valence-corrected chi connectivity index (χ4v) is 4.28. The van der Waals surface area contributed by atoms with Crippen molar-refractivity contribution >= 4 is 14.4 Å². The zero-order valence-corrected chi connectivity index (χ0v) is 19.0. The summed E-state index contributed by atoms with van der Waals surface area (Å²) in [5, 5.41) is 10.7. The van der Waals surface area contributed by atoms with Gasteiger partial charge >= 0.3 is 6.09 Å². The minimum atomic E-state index is -1.95. The van der Waals surface area contributed by atoms with Gasteiger partial charge in [-0.05, 0) is 64.7 Å². The quantitative estimate of drug-likeness (QED) is 0.680. The maximum absolute atomic E-state index is 12.7. The highest BCUT2D eigenvalue weighted by atomic mass is 28.4. The SMILES string of the molecule is CC(C)(C)OC(=O)N1C[C@H](O[Si](C)(C)C(C)(C)C)C[C@H]1[C@@H](O)CCCN. The molecule has 1 amide bonds. The van der Waals surface area contributed by atoms with Crippen molar-refractivity contribution in [3.63, 3.8) is 0 Å². The maximum atomic E-state index is 12.7. The van der Waals surface area contributed by atoms with Crippen LogP contribution in [0.1, 0.15) is 60.8 Å². The van der Waals surface area contributed by atoms with E-state index in [2.05, 4.69) is 33.9 Å². The summed E-state index contributed by atoms with van der Waals surface area (Å²) in [6.07, 6.45) is 0.883. The normalized spacial score (nSPS) is 23.2. The van der Waals surface area contributed by atoms with Crippen LogP contribution in [0.3, 0.4) is 0 Å². The molecule has 154 valence electrons. The topological polar surface area (TPSA) is 85.0 Å². The molecule has 0 aliphatic carbocycles. The Morgan fingerprint density at radius 3 is 2.31 bits per heavy atom. The Balaban J connectivity index is 2.92. The molecule has 0 aromatic rings. The van der Waals surface area contributed by atoms with E-state index in [1.165, 1.54) is 0 Å². The van der Waals surface area contributed by atoms with Gasteiger partial charge in [0.25, 0.3) is 0 Å². The Bertz CT molecular complexity index is 471. The minimum Gasteiger partial charge on any atom is -0.444 e. The molecule has 0 spiro atoms. The summed E-state index contributed by atoms with van der Waals surface area (Å²) in [5.74, 6) is 0. The summed E-state index contributed by atoms with van der Waals surface area (Å²) in [7, 11) is -1.95. The molecule has 3 atom stereocenters. The van der Waals surface area contributed by atoms with Gasteiger partial charge in [-0.25, -0.2) is 4.79 Å². The molecule has 6 nitrogen and oxygen atoms in total. The summed E-state index contributed by atoms with van der Waals surface area (Å²) >= 11 is 0. The summed E-state index contributed by atoms with van der Waals surface area (Å²) in [6.45, 7) is 17.6. The number of aliphatic hydroxyl groups excluding tert-OH is 1. The van der Waals surface area contributed by atoms with E-state index in [1.54, 1.807) is 4.90 Å². The van der Waals surface area contributed by atoms with Crippen LogP contribution in [-0.2, 0) is 9.16 Å². The van der Waals surface area contributed by atoms with Gasteiger partial charge in [-0.2, -0.15) is 0 Å². The monoisotopic (exact) mass is 388 g/mol. The summed E-state index contributed by atoms with van der Waals surface area (Å²) in [5.41, 5.74) is 5.01. The van der Waals surface area contributed by atoms with Gasteiger partial charge in [-0.3, -0.25) is 4.90 Å². The van der Waals surface area contributed by atoms with Crippen LogP contribution in [0.4, 0.5) is 4.79 Å². The van der Waals surface area contributed by atoms with Crippen molar-refractivity contribution in [2.24, 2.45) is 5.73 Å². The Hall–Kier alpha value is -0.633. The molecule has 0 saturated carbocycles. The Morgan fingerprint density at radius 1 is 1.27 bits per heavy atom. The number of nitrogens with zero attached hydrogens (tertiary/aromatic N) is 1. The van der Waals surface area contributed by atoms with Crippen molar-refractivity contribution < 1.29 is 19.1 Å². The van der Waals surface area contributed by atoms with Crippen molar-refractivity contribution in [3.05, 3.63) is 0 Å². The minimum absolute atomic E-state index is 0.0686. The molecule has 0 bridgehead atoms. The first-order valence-electron chi connectivity index (χ1n) is 9.73. The molecule has 0 radical (unpaired) electrons. The van der Waals surface area contributed by atoms with E-state index in [9.17, 15) is 9.90 Å². The molecule has 7 heteroatoms. The van der Waals surface area contributed by atoms with Crippen molar-refractivity contribution in [1.82, 2.24) is 4.90 Å². The van der Waals surface area contributed by atoms with Crippen LogP contribution in [0.15, 0.2) is 0 Å². The van der Waals surface area contributed by atoms with E-state index in [1.807, 2.05) is 20.8 Å². The van der Waals surface area contributed by atoms with Crippen LogP contribution >= 0.6 is 0 Å². The summed E-state index contributed by atoms with van der Waals surface area (Å²) < 4.78 is 12.1. The van der Waals surface area contributed by atoms with Crippen LogP contribution in [-0.4, -0.2) is 61.4 Å². The second-order valence-electron chi connectivity index (χ2n) is 9.93. The van der Waals surface area contributed by atoms with Crippen LogP contribution in [0.25, 0.3) is 0 Å². The molecule has 1 saturated heterocycles. The van der Waals surface area contributed by atoms with Gasteiger partial charge in [-0.15, -0.1) is 0 Å². The lowest BCUT2D eigenvalue weighted by molar-refractivity contribution is 0.00334. The molecule has 1 aliphatic heterocycles.